The van der Waals surface area contributed by atoms with Crippen molar-refractivity contribution in [3.05, 3.63) is 29.8 Å². The summed E-state index contributed by atoms with van der Waals surface area (Å²) in [6, 6.07) is 6.12. The van der Waals surface area contributed by atoms with Gasteiger partial charge in [0, 0.05) is 5.92 Å². The Bertz CT molecular complexity index is 562. The van der Waals surface area contributed by atoms with Gasteiger partial charge in [-0.25, -0.2) is 13.6 Å². The minimum Gasteiger partial charge on any atom is -0.349 e. The zero-order chi connectivity index (χ0) is 14.0. The molecule has 104 valence electrons. The summed E-state index contributed by atoms with van der Waals surface area (Å²) in [5.41, 5.74) is 0.861. The summed E-state index contributed by atoms with van der Waals surface area (Å²) < 4.78 is 22.3. The summed E-state index contributed by atoms with van der Waals surface area (Å²) in [6.07, 6.45) is 3.04. The summed E-state index contributed by atoms with van der Waals surface area (Å²) in [5, 5.41) is 7.97. The predicted molar refractivity (Wildman–Crippen MR) is 71.7 cm³/mol. The molecule has 3 N–H and O–H groups in total. The first-order chi connectivity index (χ1) is 8.88. The van der Waals surface area contributed by atoms with E-state index in [1.807, 2.05) is 6.92 Å². The Morgan fingerprint density at radius 1 is 1.32 bits per heavy atom. The molecule has 0 saturated heterocycles. The van der Waals surface area contributed by atoms with Crippen LogP contribution >= 0.6 is 0 Å². The van der Waals surface area contributed by atoms with Crippen LogP contribution in [0.3, 0.4) is 0 Å². The molecule has 0 aliphatic heterocycles. The quantitative estimate of drug-likeness (QED) is 0.872. The molecule has 1 amide bonds. The van der Waals surface area contributed by atoms with E-state index in [9.17, 15) is 13.2 Å². The number of nitrogens with two attached hydrogens (primary N) is 1. The van der Waals surface area contributed by atoms with Crippen LogP contribution in [0.15, 0.2) is 29.2 Å². The molecule has 1 aromatic rings. The molecule has 6 heteroatoms. The molecule has 0 radical (unpaired) electrons. The van der Waals surface area contributed by atoms with Crippen LogP contribution in [0, 0.1) is 5.92 Å². The second-order valence-corrected chi connectivity index (χ2v) is 6.53. The molecule has 1 atom stereocenters. The number of rotatable bonds is 4. The second kappa shape index (κ2) is 5.30. The van der Waals surface area contributed by atoms with Gasteiger partial charge in [-0.1, -0.05) is 18.6 Å². The zero-order valence-corrected chi connectivity index (χ0v) is 11.6. The van der Waals surface area contributed by atoms with Gasteiger partial charge in [-0.05, 0) is 37.5 Å². The molecule has 1 saturated carbocycles. The van der Waals surface area contributed by atoms with Gasteiger partial charge < -0.3 is 5.32 Å². The van der Waals surface area contributed by atoms with E-state index < -0.39 is 10.0 Å². The average Bonchev–Trinajstić information content (AvgIpc) is 2.25. The fourth-order valence-electron chi connectivity index (χ4n) is 2.03. The van der Waals surface area contributed by atoms with Gasteiger partial charge in [0.05, 0.1) is 10.9 Å². The van der Waals surface area contributed by atoms with Crippen LogP contribution in [-0.4, -0.2) is 14.3 Å². The molecule has 1 unspecified atom stereocenters. The van der Waals surface area contributed by atoms with Crippen molar-refractivity contribution in [3.8, 4) is 0 Å². The minimum absolute atomic E-state index is 0.0776. The van der Waals surface area contributed by atoms with Gasteiger partial charge in [0.15, 0.2) is 0 Å². The molecular formula is C13H18N2O3S. The number of sulfonamides is 1. The molecule has 1 aliphatic carbocycles. The van der Waals surface area contributed by atoms with E-state index in [4.69, 9.17) is 5.14 Å². The van der Waals surface area contributed by atoms with Crippen LogP contribution in [0.25, 0.3) is 0 Å². The topological polar surface area (TPSA) is 89.3 Å². The smallest absolute Gasteiger partial charge is 0.238 e. The number of nitrogens with one attached hydrogen (secondary N) is 1. The second-order valence-electron chi connectivity index (χ2n) is 4.97. The molecule has 0 heterocycles. The van der Waals surface area contributed by atoms with Gasteiger partial charge in [-0.15, -0.1) is 0 Å². The molecule has 0 spiro atoms. The minimum atomic E-state index is -3.66. The molecule has 0 bridgehead atoms. The van der Waals surface area contributed by atoms with Crippen molar-refractivity contribution in [2.24, 2.45) is 11.1 Å². The standard InChI is InChI=1S/C13H18N2O3S/c1-9(15-13(16)11-3-2-4-11)10-5-7-12(8-6-10)19(14,17)18/h5-9,11H,2-4H2,1H3,(H,15,16)(H2,14,17,18). The number of hydrogen-bond donors (Lipinski definition) is 2. The van der Waals surface area contributed by atoms with E-state index >= 15 is 0 Å². The Hall–Kier alpha value is -1.40. The van der Waals surface area contributed by atoms with Crippen molar-refractivity contribution >= 4 is 15.9 Å². The summed E-state index contributed by atoms with van der Waals surface area (Å²) in [5.74, 6) is 0.223. The van der Waals surface area contributed by atoms with Gasteiger partial charge in [0.2, 0.25) is 15.9 Å². The normalized spacial score (nSPS) is 17.6. The molecule has 2 rings (SSSR count). The lowest BCUT2D eigenvalue weighted by atomic mass is 9.84. The maximum absolute atomic E-state index is 11.8. The van der Waals surface area contributed by atoms with E-state index in [0.29, 0.717) is 0 Å². The highest BCUT2D eigenvalue weighted by Crippen LogP contribution is 2.27. The Morgan fingerprint density at radius 3 is 2.32 bits per heavy atom. The monoisotopic (exact) mass is 282 g/mol. The van der Waals surface area contributed by atoms with Gasteiger partial charge in [-0.3, -0.25) is 4.79 Å². The molecule has 0 aromatic heterocycles. The van der Waals surface area contributed by atoms with Crippen LogP contribution in [0.4, 0.5) is 0 Å². The maximum atomic E-state index is 11.8. The first-order valence-electron chi connectivity index (χ1n) is 6.31. The summed E-state index contributed by atoms with van der Waals surface area (Å²) in [4.78, 5) is 11.9. The Morgan fingerprint density at radius 2 is 1.89 bits per heavy atom. The highest BCUT2D eigenvalue weighted by atomic mass is 32.2. The Kier molecular flexibility index (Phi) is 3.91. The highest BCUT2D eigenvalue weighted by Gasteiger charge is 2.26. The number of amides is 1. The summed E-state index contributed by atoms with van der Waals surface area (Å²) >= 11 is 0. The zero-order valence-electron chi connectivity index (χ0n) is 10.8. The van der Waals surface area contributed by atoms with Gasteiger partial charge in [-0.2, -0.15) is 0 Å². The van der Waals surface area contributed by atoms with E-state index in [0.717, 1.165) is 24.8 Å². The number of hydrogen-bond acceptors (Lipinski definition) is 3. The Balaban J connectivity index is 2.03. The van der Waals surface area contributed by atoms with Gasteiger partial charge >= 0.3 is 0 Å². The highest BCUT2D eigenvalue weighted by molar-refractivity contribution is 7.89. The van der Waals surface area contributed by atoms with Crippen molar-refractivity contribution in [2.75, 3.05) is 0 Å². The van der Waals surface area contributed by atoms with Crippen molar-refractivity contribution in [1.29, 1.82) is 0 Å². The SMILES string of the molecule is CC(NC(=O)C1CCC1)c1ccc(S(N)(=O)=O)cc1. The predicted octanol–water partition coefficient (Wildman–Crippen LogP) is 1.31. The third-order valence-corrected chi connectivity index (χ3v) is 4.47. The maximum Gasteiger partial charge on any atom is 0.238 e. The van der Waals surface area contributed by atoms with E-state index in [1.54, 1.807) is 12.1 Å². The number of carbonyl (C=O) groups is 1. The lowest BCUT2D eigenvalue weighted by molar-refractivity contribution is -0.128. The fraction of sp³-hybridized carbons (Fsp3) is 0.462. The fourth-order valence-corrected chi connectivity index (χ4v) is 2.55. The van der Waals surface area contributed by atoms with Gasteiger partial charge in [0.25, 0.3) is 0 Å². The molecular weight excluding hydrogens is 264 g/mol. The average molecular weight is 282 g/mol. The molecule has 5 nitrogen and oxygen atoms in total. The van der Waals surface area contributed by atoms with Crippen LogP contribution < -0.4 is 10.5 Å². The van der Waals surface area contributed by atoms with Crippen molar-refractivity contribution < 1.29 is 13.2 Å². The molecule has 1 aromatic carbocycles. The first kappa shape index (κ1) is 14.0. The molecule has 1 aliphatic rings. The Labute approximate surface area is 113 Å². The van der Waals surface area contributed by atoms with Crippen molar-refractivity contribution in [1.82, 2.24) is 5.32 Å². The lowest BCUT2D eigenvalue weighted by Crippen LogP contribution is -2.35. The largest absolute Gasteiger partial charge is 0.349 e. The first-order valence-corrected chi connectivity index (χ1v) is 7.85. The molecule has 1 fully saturated rings. The molecule has 19 heavy (non-hydrogen) atoms. The third kappa shape index (κ3) is 3.33. The van der Waals surface area contributed by atoms with Crippen LogP contribution in [0.5, 0.6) is 0 Å². The lowest BCUT2D eigenvalue weighted by Gasteiger charge is -2.26. The summed E-state index contributed by atoms with van der Waals surface area (Å²) in [6.45, 7) is 1.88. The van der Waals surface area contributed by atoms with Crippen molar-refractivity contribution in [3.63, 3.8) is 0 Å². The van der Waals surface area contributed by atoms with Crippen LogP contribution in [0.2, 0.25) is 0 Å². The number of carbonyl (C=O) groups excluding carboxylic acids is 1. The van der Waals surface area contributed by atoms with Crippen LogP contribution in [0.1, 0.15) is 37.8 Å². The third-order valence-electron chi connectivity index (χ3n) is 3.54. The van der Waals surface area contributed by atoms with E-state index in [1.165, 1.54) is 12.1 Å². The van der Waals surface area contributed by atoms with Crippen LogP contribution in [-0.2, 0) is 14.8 Å². The van der Waals surface area contributed by atoms with Crippen molar-refractivity contribution in [2.45, 2.75) is 37.1 Å². The number of benzene rings is 1. The van der Waals surface area contributed by atoms with E-state index in [2.05, 4.69) is 5.32 Å². The van der Waals surface area contributed by atoms with E-state index in [-0.39, 0.29) is 22.8 Å². The summed E-state index contributed by atoms with van der Waals surface area (Å²) in [7, 11) is -3.66. The van der Waals surface area contributed by atoms with Gasteiger partial charge in [0.1, 0.15) is 0 Å². The number of primary sulfonamides is 1.